The summed E-state index contributed by atoms with van der Waals surface area (Å²) in [5, 5.41) is 10.7. The maximum Gasteiger partial charge on any atom is 0.104 e. The van der Waals surface area contributed by atoms with Crippen molar-refractivity contribution in [1.82, 2.24) is 0 Å². The first kappa shape index (κ1) is 10.2. The van der Waals surface area contributed by atoms with Crippen LogP contribution >= 0.6 is 11.6 Å². The third kappa shape index (κ3) is 2.38. The van der Waals surface area contributed by atoms with E-state index in [1.807, 2.05) is 24.3 Å². The molecule has 0 saturated carbocycles. The Morgan fingerprint density at radius 3 is 2.60 bits per heavy atom. The topological polar surface area (TPSA) is 20.2 Å². The summed E-state index contributed by atoms with van der Waals surface area (Å²) in [7, 11) is 0. The Kier molecular flexibility index (Phi) is 3.05. The average Bonchev–Trinajstić information content (AvgIpc) is 2.29. The highest BCUT2D eigenvalue weighted by molar-refractivity contribution is 6.30. The lowest BCUT2D eigenvalue weighted by Gasteiger charge is -2.11. The number of halogens is 1. The molecule has 0 aliphatic carbocycles. The lowest BCUT2D eigenvalue weighted by Crippen LogP contribution is -1.98. The van der Waals surface area contributed by atoms with Gasteiger partial charge in [-0.25, -0.2) is 0 Å². The van der Waals surface area contributed by atoms with Gasteiger partial charge >= 0.3 is 0 Å². The smallest absolute Gasteiger partial charge is 0.104 e. The van der Waals surface area contributed by atoms with Crippen molar-refractivity contribution in [2.45, 2.75) is 6.10 Å². The Hall–Kier alpha value is -1.31. The molecule has 1 unspecified atom stereocenters. The molecule has 0 aromatic heterocycles. The fourth-order valence-electron chi connectivity index (χ4n) is 1.45. The summed E-state index contributed by atoms with van der Waals surface area (Å²) in [5.41, 5.74) is 1.61. The van der Waals surface area contributed by atoms with Crippen molar-refractivity contribution in [3.63, 3.8) is 0 Å². The van der Waals surface area contributed by atoms with Gasteiger partial charge in [0.05, 0.1) is 0 Å². The van der Waals surface area contributed by atoms with Gasteiger partial charge in [-0.1, -0.05) is 41.9 Å². The molecule has 2 rings (SSSR count). The van der Waals surface area contributed by atoms with E-state index >= 15 is 0 Å². The van der Waals surface area contributed by atoms with Gasteiger partial charge in [-0.3, -0.25) is 0 Å². The zero-order valence-corrected chi connectivity index (χ0v) is 8.78. The van der Waals surface area contributed by atoms with E-state index in [1.165, 1.54) is 0 Å². The molecule has 0 aliphatic rings. The van der Waals surface area contributed by atoms with Crippen molar-refractivity contribution < 1.29 is 5.11 Å². The van der Waals surface area contributed by atoms with Crippen LogP contribution in [0.3, 0.4) is 0 Å². The summed E-state index contributed by atoms with van der Waals surface area (Å²) in [6.45, 7) is 0. The Balaban J connectivity index is 2.32. The molecule has 0 spiro atoms. The SMILES string of the molecule is OC(c1c[c]ccc1)c1cccc(Cl)c1. The largest absolute Gasteiger partial charge is 0.384 e. The third-order valence-electron chi connectivity index (χ3n) is 2.21. The molecule has 0 bridgehead atoms. The van der Waals surface area contributed by atoms with Crippen LogP contribution in [-0.2, 0) is 0 Å². The van der Waals surface area contributed by atoms with Crippen molar-refractivity contribution in [3.05, 3.63) is 70.7 Å². The van der Waals surface area contributed by atoms with Crippen LogP contribution in [0.5, 0.6) is 0 Å². The number of aliphatic hydroxyl groups is 1. The van der Waals surface area contributed by atoms with Crippen LogP contribution < -0.4 is 0 Å². The highest BCUT2D eigenvalue weighted by atomic mass is 35.5. The van der Waals surface area contributed by atoms with E-state index in [4.69, 9.17) is 11.6 Å². The molecular weight excluding hydrogens is 208 g/mol. The first-order chi connectivity index (χ1) is 7.27. The molecule has 2 aromatic carbocycles. The predicted molar refractivity (Wildman–Crippen MR) is 60.8 cm³/mol. The van der Waals surface area contributed by atoms with Gasteiger partial charge < -0.3 is 5.11 Å². The normalized spacial score (nSPS) is 12.4. The minimum atomic E-state index is -0.638. The van der Waals surface area contributed by atoms with E-state index in [2.05, 4.69) is 6.07 Å². The summed E-state index contributed by atoms with van der Waals surface area (Å²) in [6, 6.07) is 17.4. The van der Waals surface area contributed by atoms with Crippen molar-refractivity contribution in [1.29, 1.82) is 0 Å². The van der Waals surface area contributed by atoms with E-state index in [0.717, 1.165) is 11.1 Å². The fraction of sp³-hybridized carbons (Fsp3) is 0.0769. The van der Waals surface area contributed by atoms with Crippen molar-refractivity contribution >= 4 is 11.6 Å². The predicted octanol–water partition coefficient (Wildman–Crippen LogP) is 3.22. The highest BCUT2D eigenvalue weighted by Crippen LogP contribution is 2.23. The van der Waals surface area contributed by atoms with Gasteiger partial charge in [0, 0.05) is 5.02 Å². The van der Waals surface area contributed by atoms with Gasteiger partial charge in [0.25, 0.3) is 0 Å². The average molecular weight is 218 g/mol. The third-order valence-corrected chi connectivity index (χ3v) is 2.45. The molecule has 1 radical (unpaired) electrons. The van der Waals surface area contributed by atoms with Crippen LogP contribution in [0.25, 0.3) is 0 Å². The Bertz CT molecular complexity index is 439. The number of rotatable bonds is 2. The molecule has 0 fully saturated rings. The minimum Gasteiger partial charge on any atom is -0.384 e. The first-order valence-electron chi connectivity index (χ1n) is 4.67. The molecule has 1 atom stereocenters. The van der Waals surface area contributed by atoms with Gasteiger partial charge in [0.15, 0.2) is 0 Å². The van der Waals surface area contributed by atoms with E-state index in [-0.39, 0.29) is 0 Å². The molecule has 1 nitrogen and oxygen atoms in total. The molecular formula is C13H10ClO. The molecule has 1 N–H and O–H groups in total. The van der Waals surface area contributed by atoms with Gasteiger partial charge in [-0.05, 0) is 35.4 Å². The van der Waals surface area contributed by atoms with Gasteiger partial charge in [-0.15, -0.1) is 0 Å². The lowest BCUT2D eigenvalue weighted by molar-refractivity contribution is 0.220. The summed E-state index contributed by atoms with van der Waals surface area (Å²) < 4.78 is 0. The standard InChI is InChI=1S/C13H10ClO/c14-12-8-4-7-11(9-12)13(15)10-5-2-1-3-6-10/h1-2,4-9,13,15H. The summed E-state index contributed by atoms with van der Waals surface area (Å²) >= 11 is 5.86. The molecule has 0 saturated heterocycles. The lowest BCUT2D eigenvalue weighted by atomic mass is 10.0. The maximum absolute atomic E-state index is 10.0. The second kappa shape index (κ2) is 4.47. The summed E-state index contributed by atoms with van der Waals surface area (Å²) in [4.78, 5) is 0. The Labute approximate surface area is 94.0 Å². The van der Waals surface area contributed by atoms with E-state index in [1.54, 1.807) is 24.3 Å². The first-order valence-corrected chi connectivity index (χ1v) is 5.05. The summed E-state index contributed by atoms with van der Waals surface area (Å²) in [6.07, 6.45) is -0.638. The number of benzene rings is 2. The van der Waals surface area contributed by atoms with Gasteiger partial charge in [-0.2, -0.15) is 0 Å². The maximum atomic E-state index is 10.0. The van der Waals surface area contributed by atoms with Crippen LogP contribution in [-0.4, -0.2) is 5.11 Å². The zero-order valence-electron chi connectivity index (χ0n) is 8.02. The van der Waals surface area contributed by atoms with E-state index in [0.29, 0.717) is 5.02 Å². The fourth-order valence-corrected chi connectivity index (χ4v) is 1.65. The van der Waals surface area contributed by atoms with Crippen molar-refractivity contribution in [2.75, 3.05) is 0 Å². The molecule has 2 heteroatoms. The van der Waals surface area contributed by atoms with Crippen LogP contribution in [0.2, 0.25) is 5.02 Å². The van der Waals surface area contributed by atoms with E-state index < -0.39 is 6.10 Å². The number of hydrogen-bond donors (Lipinski definition) is 1. The van der Waals surface area contributed by atoms with Crippen molar-refractivity contribution in [3.8, 4) is 0 Å². The highest BCUT2D eigenvalue weighted by Gasteiger charge is 2.09. The van der Waals surface area contributed by atoms with Crippen LogP contribution in [0, 0.1) is 6.07 Å². The molecule has 0 amide bonds. The summed E-state index contributed by atoms with van der Waals surface area (Å²) in [5.74, 6) is 0. The van der Waals surface area contributed by atoms with Crippen LogP contribution in [0.15, 0.2) is 48.5 Å². The Morgan fingerprint density at radius 1 is 1.13 bits per heavy atom. The number of hydrogen-bond acceptors (Lipinski definition) is 1. The quantitative estimate of drug-likeness (QED) is 0.819. The Morgan fingerprint density at radius 2 is 1.93 bits per heavy atom. The number of aliphatic hydroxyl groups excluding tert-OH is 1. The van der Waals surface area contributed by atoms with Gasteiger partial charge in [0.2, 0.25) is 0 Å². The van der Waals surface area contributed by atoms with Gasteiger partial charge in [0.1, 0.15) is 6.10 Å². The molecule has 0 aliphatic heterocycles. The minimum absolute atomic E-state index is 0.631. The molecule has 2 aromatic rings. The molecule has 75 valence electrons. The molecule has 15 heavy (non-hydrogen) atoms. The van der Waals surface area contributed by atoms with Crippen LogP contribution in [0.4, 0.5) is 0 Å². The second-order valence-electron chi connectivity index (χ2n) is 3.29. The zero-order chi connectivity index (χ0) is 10.7. The second-order valence-corrected chi connectivity index (χ2v) is 3.73. The molecule has 0 heterocycles. The van der Waals surface area contributed by atoms with E-state index in [9.17, 15) is 5.11 Å². The van der Waals surface area contributed by atoms with Crippen molar-refractivity contribution in [2.24, 2.45) is 0 Å². The monoisotopic (exact) mass is 217 g/mol. The van der Waals surface area contributed by atoms with Crippen LogP contribution in [0.1, 0.15) is 17.2 Å².